The van der Waals surface area contributed by atoms with E-state index in [4.69, 9.17) is 0 Å². The molecule has 0 saturated heterocycles. The molecule has 1 aromatic heterocycles. The molecule has 3 heteroatoms. The number of hydrogen-bond acceptors (Lipinski definition) is 2. The maximum atomic E-state index is 10.7. The topological polar surface area (TPSA) is 30.0 Å². The minimum Gasteiger partial charge on any atom is -0.298 e. The Morgan fingerprint density at radius 2 is 2.15 bits per heavy atom. The van der Waals surface area contributed by atoms with E-state index in [9.17, 15) is 4.79 Å². The van der Waals surface area contributed by atoms with E-state index in [1.807, 2.05) is 18.2 Å². The number of carbonyl (C=O) groups excluding carboxylic acids is 1. The molecule has 0 atom stereocenters. The van der Waals surface area contributed by atoms with Gasteiger partial charge in [-0.2, -0.15) is 0 Å². The van der Waals surface area contributed by atoms with Crippen LogP contribution in [-0.2, 0) is 0 Å². The van der Waals surface area contributed by atoms with Gasteiger partial charge in [0.2, 0.25) is 0 Å². The van der Waals surface area contributed by atoms with E-state index in [0.29, 0.717) is 5.56 Å². The summed E-state index contributed by atoms with van der Waals surface area (Å²) in [5, 5.41) is 1.89. The summed E-state index contributed by atoms with van der Waals surface area (Å²) < 4.78 is 0.925. The molecule has 0 amide bonds. The number of fused-ring (bicyclic) bond motifs is 1. The Morgan fingerprint density at radius 3 is 2.92 bits per heavy atom. The molecular formula is C10H6BrNO. The number of nitrogens with zero attached hydrogens (tertiary/aromatic N) is 1. The molecule has 0 aliphatic rings. The zero-order chi connectivity index (χ0) is 9.26. The number of aldehydes is 1. The number of hydrogen-bond donors (Lipinski definition) is 0. The number of halogens is 1. The van der Waals surface area contributed by atoms with Gasteiger partial charge < -0.3 is 0 Å². The molecule has 0 unspecified atom stereocenters. The van der Waals surface area contributed by atoms with Gasteiger partial charge in [-0.1, -0.05) is 28.1 Å². The third-order valence-corrected chi connectivity index (χ3v) is 2.55. The molecule has 0 spiro atoms. The van der Waals surface area contributed by atoms with Gasteiger partial charge in [0.05, 0.1) is 0 Å². The van der Waals surface area contributed by atoms with Crippen LogP contribution in [0.1, 0.15) is 10.4 Å². The molecule has 2 aromatic rings. The van der Waals surface area contributed by atoms with Crippen LogP contribution < -0.4 is 0 Å². The number of benzene rings is 1. The Morgan fingerprint density at radius 1 is 1.31 bits per heavy atom. The standard InChI is InChI=1S/C10H6BrNO/c11-9-3-1-2-7-4-12-5-8(6-13)10(7)9/h1-6H. The highest BCUT2D eigenvalue weighted by Gasteiger charge is 2.03. The maximum Gasteiger partial charge on any atom is 0.152 e. The Balaban J connectivity index is 2.94. The Hall–Kier alpha value is -1.22. The highest BCUT2D eigenvalue weighted by atomic mass is 79.9. The van der Waals surface area contributed by atoms with Crippen LogP contribution in [0, 0.1) is 0 Å². The maximum absolute atomic E-state index is 10.7. The molecule has 0 aliphatic carbocycles. The first kappa shape index (κ1) is 8.38. The fraction of sp³-hybridized carbons (Fsp3) is 0. The molecule has 1 heterocycles. The monoisotopic (exact) mass is 235 g/mol. The molecule has 64 valence electrons. The fourth-order valence-corrected chi connectivity index (χ4v) is 1.92. The third-order valence-electron chi connectivity index (χ3n) is 1.89. The summed E-state index contributed by atoms with van der Waals surface area (Å²) in [6.45, 7) is 0. The normalized spacial score (nSPS) is 10.2. The van der Waals surface area contributed by atoms with Gasteiger partial charge in [0.15, 0.2) is 6.29 Å². The molecular weight excluding hydrogens is 230 g/mol. The summed E-state index contributed by atoms with van der Waals surface area (Å²) in [5.74, 6) is 0. The molecule has 0 N–H and O–H groups in total. The lowest BCUT2D eigenvalue weighted by Crippen LogP contribution is -1.86. The van der Waals surface area contributed by atoms with Crippen LogP contribution in [-0.4, -0.2) is 11.3 Å². The van der Waals surface area contributed by atoms with E-state index in [2.05, 4.69) is 20.9 Å². The van der Waals surface area contributed by atoms with E-state index >= 15 is 0 Å². The van der Waals surface area contributed by atoms with Crippen molar-refractivity contribution in [3.05, 3.63) is 40.6 Å². The van der Waals surface area contributed by atoms with Gasteiger partial charge in [-0.3, -0.25) is 9.78 Å². The lowest BCUT2D eigenvalue weighted by Gasteiger charge is -2.01. The summed E-state index contributed by atoms with van der Waals surface area (Å²) in [5.41, 5.74) is 0.616. The first-order valence-electron chi connectivity index (χ1n) is 3.80. The van der Waals surface area contributed by atoms with Gasteiger partial charge in [-0.05, 0) is 6.07 Å². The Kier molecular flexibility index (Phi) is 2.10. The number of rotatable bonds is 1. The smallest absolute Gasteiger partial charge is 0.152 e. The lowest BCUT2D eigenvalue weighted by atomic mass is 10.1. The van der Waals surface area contributed by atoms with Crippen LogP contribution in [0.2, 0.25) is 0 Å². The molecule has 2 rings (SSSR count). The minimum atomic E-state index is 0.616. The van der Waals surface area contributed by atoms with Crippen molar-refractivity contribution in [1.82, 2.24) is 4.98 Å². The summed E-state index contributed by atoms with van der Waals surface area (Å²) in [6.07, 6.45) is 4.13. The van der Waals surface area contributed by atoms with Gasteiger partial charge in [-0.15, -0.1) is 0 Å². The average molecular weight is 236 g/mol. The second kappa shape index (κ2) is 3.26. The van der Waals surface area contributed by atoms with Crippen molar-refractivity contribution < 1.29 is 4.79 Å². The second-order valence-electron chi connectivity index (χ2n) is 2.68. The van der Waals surface area contributed by atoms with Crippen molar-refractivity contribution in [1.29, 1.82) is 0 Å². The van der Waals surface area contributed by atoms with Crippen LogP contribution in [0.25, 0.3) is 10.8 Å². The summed E-state index contributed by atoms with van der Waals surface area (Å²) in [7, 11) is 0. The summed E-state index contributed by atoms with van der Waals surface area (Å²) >= 11 is 3.40. The Labute approximate surface area is 83.7 Å². The summed E-state index contributed by atoms with van der Waals surface area (Å²) in [4.78, 5) is 14.7. The van der Waals surface area contributed by atoms with E-state index in [-0.39, 0.29) is 0 Å². The molecule has 0 bridgehead atoms. The van der Waals surface area contributed by atoms with Crippen LogP contribution in [0.3, 0.4) is 0 Å². The van der Waals surface area contributed by atoms with Crippen molar-refractivity contribution >= 4 is 33.0 Å². The molecule has 0 aliphatic heterocycles. The molecule has 0 fully saturated rings. The van der Waals surface area contributed by atoms with Crippen LogP contribution in [0.15, 0.2) is 35.1 Å². The first-order valence-corrected chi connectivity index (χ1v) is 4.59. The third kappa shape index (κ3) is 1.35. The van der Waals surface area contributed by atoms with Crippen molar-refractivity contribution in [2.24, 2.45) is 0 Å². The SMILES string of the molecule is O=Cc1cncc2cccc(Br)c12. The van der Waals surface area contributed by atoms with Gasteiger partial charge in [0.25, 0.3) is 0 Å². The van der Waals surface area contributed by atoms with Crippen molar-refractivity contribution in [3.8, 4) is 0 Å². The lowest BCUT2D eigenvalue weighted by molar-refractivity contribution is 0.112. The van der Waals surface area contributed by atoms with Crippen molar-refractivity contribution in [2.45, 2.75) is 0 Å². The van der Waals surface area contributed by atoms with Gasteiger partial charge in [-0.25, -0.2) is 0 Å². The van der Waals surface area contributed by atoms with Crippen LogP contribution >= 0.6 is 15.9 Å². The summed E-state index contributed by atoms with van der Waals surface area (Å²) in [6, 6.07) is 5.76. The van der Waals surface area contributed by atoms with E-state index in [1.165, 1.54) is 0 Å². The second-order valence-corrected chi connectivity index (χ2v) is 3.54. The molecule has 0 saturated carbocycles. The van der Waals surface area contributed by atoms with Crippen molar-refractivity contribution in [3.63, 3.8) is 0 Å². The van der Waals surface area contributed by atoms with Crippen LogP contribution in [0.5, 0.6) is 0 Å². The van der Waals surface area contributed by atoms with Crippen molar-refractivity contribution in [2.75, 3.05) is 0 Å². The first-order chi connectivity index (χ1) is 6.33. The molecule has 0 radical (unpaired) electrons. The minimum absolute atomic E-state index is 0.616. The highest BCUT2D eigenvalue weighted by molar-refractivity contribution is 9.10. The van der Waals surface area contributed by atoms with Gasteiger partial charge in [0.1, 0.15) is 0 Å². The van der Waals surface area contributed by atoms with Crippen LogP contribution in [0.4, 0.5) is 0 Å². The number of aromatic nitrogens is 1. The zero-order valence-corrected chi connectivity index (χ0v) is 8.28. The predicted octanol–water partition coefficient (Wildman–Crippen LogP) is 2.81. The van der Waals surface area contributed by atoms with E-state index in [0.717, 1.165) is 21.5 Å². The van der Waals surface area contributed by atoms with Gasteiger partial charge in [0, 0.05) is 33.2 Å². The quantitative estimate of drug-likeness (QED) is 0.712. The Bertz CT molecular complexity index is 462. The molecule has 13 heavy (non-hydrogen) atoms. The zero-order valence-electron chi connectivity index (χ0n) is 6.70. The van der Waals surface area contributed by atoms with E-state index < -0.39 is 0 Å². The average Bonchev–Trinajstić information content (AvgIpc) is 2.17. The number of carbonyl (C=O) groups is 1. The van der Waals surface area contributed by atoms with Gasteiger partial charge >= 0.3 is 0 Å². The highest BCUT2D eigenvalue weighted by Crippen LogP contribution is 2.25. The largest absolute Gasteiger partial charge is 0.298 e. The molecule has 2 nitrogen and oxygen atoms in total. The van der Waals surface area contributed by atoms with E-state index in [1.54, 1.807) is 12.4 Å². The molecule has 1 aromatic carbocycles. The predicted molar refractivity (Wildman–Crippen MR) is 54.8 cm³/mol. The fourth-order valence-electron chi connectivity index (χ4n) is 1.30. The number of pyridine rings is 1.